The van der Waals surface area contributed by atoms with Gasteiger partial charge in [0.05, 0.1) is 6.54 Å². The Balaban J connectivity index is 2.07. The van der Waals surface area contributed by atoms with Crippen molar-refractivity contribution in [1.82, 2.24) is 14.8 Å². The van der Waals surface area contributed by atoms with E-state index in [0.29, 0.717) is 6.54 Å². The fourth-order valence-electron chi connectivity index (χ4n) is 1.78. The molecule has 17 heavy (non-hydrogen) atoms. The van der Waals surface area contributed by atoms with Crippen LogP contribution < -0.4 is 11.1 Å². The lowest BCUT2D eigenvalue weighted by atomic mass is 10.2. The fraction of sp³-hybridized carbons (Fsp3) is 0.333. The van der Waals surface area contributed by atoms with Crippen molar-refractivity contribution in [3.05, 3.63) is 35.9 Å². The van der Waals surface area contributed by atoms with E-state index in [1.807, 2.05) is 23.6 Å². The highest BCUT2D eigenvalue weighted by Crippen LogP contribution is 2.16. The van der Waals surface area contributed by atoms with Crippen LogP contribution in [0.3, 0.4) is 0 Å². The highest BCUT2D eigenvalue weighted by molar-refractivity contribution is 5.56. The lowest BCUT2D eigenvalue weighted by Crippen LogP contribution is -2.07. The third-order valence-corrected chi connectivity index (χ3v) is 2.59. The maximum Gasteiger partial charge on any atom is 0.152 e. The zero-order valence-corrected chi connectivity index (χ0v) is 10.1. The van der Waals surface area contributed by atoms with Crippen LogP contribution in [0.5, 0.6) is 0 Å². The molecule has 0 spiro atoms. The summed E-state index contributed by atoms with van der Waals surface area (Å²) in [7, 11) is 0. The van der Waals surface area contributed by atoms with Gasteiger partial charge in [0.2, 0.25) is 0 Å². The van der Waals surface area contributed by atoms with Gasteiger partial charge in [0.1, 0.15) is 6.33 Å². The van der Waals surface area contributed by atoms with Gasteiger partial charge in [-0.3, -0.25) is 0 Å². The molecule has 5 nitrogen and oxygen atoms in total. The predicted molar refractivity (Wildman–Crippen MR) is 68.6 cm³/mol. The monoisotopic (exact) mass is 231 g/mol. The predicted octanol–water partition coefficient (Wildman–Crippen LogP) is 1.80. The Bertz CT molecular complexity index is 483. The van der Waals surface area contributed by atoms with E-state index in [1.165, 1.54) is 0 Å². The summed E-state index contributed by atoms with van der Waals surface area (Å²) < 4.78 is 2.01. The summed E-state index contributed by atoms with van der Waals surface area (Å²) in [6.45, 7) is 5.62. The minimum atomic E-state index is 0.650. The first-order valence-electron chi connectivity index (χ1n) is 5.66. The molecular weight excluding hydrogens is 214 g/mol. The maximum atomic E-state index is 5.79. The van der Waals surface area contributed by atoms with Gasteiger partial charge in [-0.25, -0.2) is 0 Å². The Morgan fingerprint density at radius 3 is 2.88 bits per heavy atom. The summed E-state index contributed by atoms with van der Waals surface area (Å²) in [4.78, 5) is 0. The number of aryl methyl sites for hydroxylation is 2. The minimum absolute atomic E-state index is 0.650. The van der Waals surface area contributed by atoms with E-state index < -0.39 is 0 Å². The molecule has 90 valence electrons. The summed E-state index contributed by atoms with van der Waals surface area (Å²) in [5.41, 5.74) is 8.71. The molecule has 2 aromatic rings. The zero-order chi connectivity index (χ0) is 12.3. The molecule has 1 aromatic heterocycles. The lowest BCUT2D eigenvalue weighted by molar-refractivity contribution is 0.708. The van der Waals surface area contributed by atoms with Gasteiger partial charge in [0, 0.05) is 17.9 Å². The van der Waals surface area contributed by atoms with E-state index in [-0.39, 0.29) is 0 Å². The van der Waals surface area contributed by atoms with Crippen molar-refractivity contribution < 1.29 is 0 Å². The molecule has 0 fully saturated rings. The first kappa shape index (κ1) is 11.4. The summed E-state index contributed by atoms with van der Waals surface area (Å²) in [5.74, 6) is 0.924. The molecule has 0 bridgehead atoms. The van der Waals surface area contributed by atoms with Crippen LogP contribution in [0.15, 0.2) is 24.5 Å². The molecule has 0 unspecified atom stereocenters. The average molecular weight is 231 g/mol. The van der Waals surface area contributed by atoms with Gasteiger partial charge in [-0.05, 0) is 37.6 Å². The van der Waals surface area contributed by atoms with Crippen LogP contribution in [0, 0.1) is 6.92 Å². The van der Waals surface area contributed by atoms with Crippen molar-refractivity contribution in [1.29, 1.82) is 0 Å². The van der Waals surface area contributed by atoms with E-state index in [0.717, 1.165) is 29.3 Å². The Hall–Kier alpha value is -2.04. The summed E-state index contributed by atoms with van der Waals surface area (Å²) in [6.07, 6.45) is 1.74. The average Bonchev–Trinajstić information content (AvgIpc) is 2.72. The van der Waals surface area contributed by atoms with Gasteiger partial charge in [-0.1, -0.05) is 0 Å². The first-order chi connectivity index (χ1) is 8.19. The number of nitrogen functional groups attached to an aromatic ring is 1. The second-order valence-electron chi connectivity index (χ2n) is 4.02. The number of nitrogens with two attached hydrogens (primary N) is 1. The van der Waals surface area contributed by atoms with Crippen molar-refractivity contribution in [3.8, 4) is 0 Å². The summed E-state index contributed by atoms with van der Waals surface area (Å²) in [5, 5.41) is 11.3. The normalized spacial score (nSPS) is 10.5. The van der Waals surface area contributed by atoms with Crippen molar-refractivity contribution in [2.24, 2.45) is 0 Å². The Labute approximate surface area is 101 Å². The minimum Gasteiger partial charge on any atom is -0.399 e. The number of rotatable bonds is 4. The SMILES string of the molecule is CCn1cnnc1CNc1cc(C)cc(N)c1. The van der Waals surface area contributed by atoms with Crippen LogP contribution in [0.1, 0.15) is 18.3 Å². The van der Waals surface area contributed by atoms with Crippen molar-refractivity contribution in [2.45, 2.75) is 26.9 Å². The van der Waals surface area contributed by atoms with Crippen molar-refractivity contribution >= 4 is 11.4 Å². The van der Waals surface area contributed by atoms with Gasteiger partial charge in [-0.15, -0.1) is 10.2 Å². The molecule has 2 rings (SSSR count). The highest BCUT2D eigenvalue weighted by Gasteiger charge is 2.02. The number of anilines is 2. The van der Waals surface area contributed by atoms with E-state index in [4.69, 9.17) is 5.73 Å². The molecule has 3 N–H and O–H groups in total. The first-order valence-corrected chi connectivity index (χ1v) is 5.66. The number of nitrogens with one attached hydrogen (secondary N) is 1. The van der Waals surface area contributed by atoms with Gasteiger partial charge >= 0.3 is 0 Å². The zero-order valence-electron chi connectivity index (χ0n) is 10.1. The molecule has 0 saturated carbocycles. The molecule has 0 atom stereocenters. The molecule has 1 heterocycles. The molecule has 0 radical (unpaired) electrons. The molecule has 0 aliphatic rings. The molecule has 0 amide bonds. The Morgan fingerprint density at radius 2 is 2.18 bits per heavy atom. The molecular formula is C12H17N5. The van der Waals surface area contributed by atoms with E-state index in [1.54, 1.807) is 6.33 Å². The highest BCUT2D eigenvalue weighted by atomic mass is 15.3. The van der Waals surface area contributed by atoms with Crippen LogP contribution in [0.25, 0.3) is 0 Å². The largest absolute Gasteiger partial charge is 0.399 e. The van der Waals surface area contributed by atoms with Gasteiger partial charge < -0.3 is 15.6 Å². The van der Waals surface area contributed by atoms with Gasteiger partial charge in [0.25, 0.3) is 0 Å². The smallest absolute Gasteiger partial charge is 0.152 e. The fourth-order valence-corrected chi connectivity index (χ4v) is 1.78. The number of hydrogen-bond donors (Lipinski definition) is 2. The number of nitrogens with zero attached hydrogens (tertiary/aromatic N) is 3. The van der Waals surface area contributed by atoms with Crippen LogP contribution >= 0.6 is 0 Å². The van der Waals surface area contributed by atoms with Crippen LogP contribution in [0.4, 0.5) is 11.4 Å². The molecule has 0 aliphatic heterocycles. The molecule has 0 saturated heterocycles. The summed E-state index contributed by atoms with van der Waals surface area (Å²) >= 11 is 0. The molecule has 0 aliphatic carbocycles. The van der Waals surface area contributed by atoms with E-state index >= 15 is 0 Å². The third kappa shape index (κ3) is 2.75. The number of benzene rings is 1. The van der Waals surface area contributed by atoms with Crippen molar-refractivity contribution in [3.63, 3.8) is 0 Å². The Morgan fingerprint density at radius 1 is 1.35 bits per heavy atom. The second-order valence-corrected chi connectivity index (χ2v) is 4.02. The molecule has 5 heteroatoms. The quantitative estimate of drug-likeness (QED) is 0.787. The van der Waals surface area contributed by atoms with Gasteiger partial charge in [-0.2, -0.15) is 0 Å². The van der Waals surface area contributed by atoms with Crippen LogP contribution in [0.2, 0.25) is 0 Å². The molecule has 1 aromatic carbocycles. The Kier molecular flexibility index (Phi) is 3.27. The second kappa shape index (κ2) is 4.86. The summed E-state index contributed by atoms with van der Waals surface area (Å²) in [6, 6.07) is 5.92. The van der Waals surface area contributed by atoms with Gasteiger partial charge in [0.15, 0.2) is 5.82 Å². The van der Waals surface area contributed by atoms with E-state index in [9.17, 15) is 0 Å². The van der Waals surface area contributed by atoms with Crippen LogP contribution in [-0.2, 0) is 13.1 Å². The van der Waals surface area contributed by atoms with E-state index in [2.05, 4.69) is 28.5 Å². The maximum absolute atomic E-state index is 5.79. The standard InChI is InChI=1S/C12H17N5/c1-3-17-8-15-16-12(17)7-14-11-5-9(2)4-10(13)6-11/h4-6,8,14H,3,7,13H2,1-2H3. The third-order valence-electron chi connectivity index (χ3n) is 2.59. The number of hydrogen-bond acceptors (Lipinski definition) is 4. The lowest BCUT2D eigenvalue weighted by Gasteiger charge is -2.08. The van der Waals surface area contributed by atoms with Crippen molar-refractivity contribution in [2.75, 3.05) is 11.1 Å². The van der Waals surface area contributed by atoms with Crippen LogP contribution in [-0.4, -0.2) is 14.8 Å². The number of aromatic nitrogens is 3. The topological polar surface area (TPSA) is 68.8 Å².